The Morgan fingerprint density at radius 3 is 2.05 bits per heavy atom. The number of aliphatic hydroxyl groups excluding tert-OH is 1. The number of primary amides is 1. The van der Waals surface area contributed by atoms with Crippen LogP contribution in [0.1, 0.15) is 71.1 Å². The second-order valence-electron chi connectivity index (χ2n) is 5.15. The summed E-state index contributed by atoms with van der Waals surface area (Å²) in [4.78, 5) is 10.6. The second-order valence-corrected chi connectivity index (χ2v) is 5.15. The van der Waals surface area contributed by atoms with E-state index in [9.17, 15) is 9.90 Å². The molecule has 0 rings (SSSR count). The molecule has 0 aliphatic heterocycles. The van der Waals surface area contributed by atoms with E-state index < -0.39 is 12.0 Å². The minimum atomic E-state index is -0.997. The predicted octanol–water partition coefficient (Wildman–Crippen LogP) is 3.19. The Morgan fingerprint density at radius 1 is 1.00 bits per heavy atom. The first-order chi connectivity index (χ1) is 9.18. The number of halogens is 1. The van der Waals surface area contributed by atoms with Gasteiger partial charge < -0.3 is 15.6 Å². The molecule has 5 heteroatoms. The largest absolute Gasteiger partial charge is 0.383 e. The van der Waals surface area contributed by atoms with Gasteiger partial charge in [0.1, 0.15) is 6.10 Å². The first-order valence-corrected chi connectivity index (χ1v) is 7.73. The van der Waals surface area contributed by atoms with Crippen LogP contribution < -0.4 is 5.73 Å². The van der Waals surface area contributed by atoms with Crippen LogP contribution in [0.25, 0.3) is 0 Å². The van der Waals surface area contributed by atoms with Crippen molar-refractivity contribution in [3.05, 3.63) is 0 Å². The first-order valence-electron chi connectivity index (χ1n) is 7.73. The van der Waals surface area contributed by atoms with Crippen LogP contribution in [-0.2, 0) is 9.53 Å². The molecule has 0 saturated carbocycles. The van der Waals surface area contributed by atoms with E-state index >= 15 is 0 Å². The Labute approximate surface area is 129 Å². The molecular weight excluding hydrogens is 278 g/mol. The lowest BCUT2D eigenvalue weighted by atomic mass is 10.1. The lowest BCUT2D eigenvalue weighted by Crippen LogP contribution is -2.27. The van der Waals surface area contributed by atoms with E-state index in [2.05, 4.69) is 6.92 Å². The van der Waals surface area contributed by atoms with Crippen LogP contribution >= 0.6 is 12.4 Å². The van der Waals surface area contributed by atoms with Crippen LogP contribution in [0.15, 0.2) is 0 Å². The quantitative estimate of drug-likeness (QED) is 0.484. The summed E-state index contributed by atoms with van der Waals surface area (Å²) in [5, 5.41) is 9.17. The SMILES string of the molecule is CCCCCCCCCOCCCCC(O)C(N)=O.Cl. The van der Waals surface area contributed by atoms with Gasteiger partial charge in [0, 0.05) is 13.2 Å². The number of hydrogen-bond donors (Lipinski definition) is 2. The fraction of sp³-hybridized carbons (Fsp3) is 0.933. The highest BCUT2D eigenvalue weighted by Gasteiger charge is 2.09. The molecule has 0 aromatic carbocycles. The summed E-state index contributed by atoms with van der Waals surface area (Å²) in [6, 6.07) is 0. The van der Waals surface area contributed by atoms with Crippen molar-refractivity contribution in [2.45, 2.75) is 77.2 Å². The Balaban J connectivity index is 0. The smallest absolute Gasteiger partial charge is 0.246 e. The van der Waals surface area contributed by atoms with E-state index in [1.165, 1.54) is 38.5 Å². The standard InChI is InChI=1S/C15H31NO3.ClH/c1-2-3-4-5-6-7-9-12-19-13-10-8-11-14(17)15(16)18;/h14,17H,2-13H2,1H3,(H2,16,18);1H. The van der Waals surface area contributed by atoms with Gasteiger partial charge in [0.05, 0.1) is 0 Å². The average molecular weight is 310 g/mol. The Bertz CT molecular complexity index is 215. The van der Waals surface area contributed by atoms with Gasteiger partial charge in [0.2, 0.25) is 5.91 Å². The molecule has 0 aromatic rings. The average Bonchev–Trinajstić information content (AvgIpc) is 2.39. The number of nitrogens with two attached hydrogens (primary N) is 1. The van der Waals surface area contributed by atoms with Crippen LogP contribution in [0.5, 0.6) is 0 Å². The molecule has 1 unspecified atom stereocenters. The van der Waals surface area contributed by atoms with E-state index in [1.54, 1.807) is 0 Å². The number of rotatable bonds is 14. The van der Waals surface area contributed by atoms with Gasteiger partial charge in [-0.3, -0.25) is 4.79 Å². The molecule has 0 spiro atoms. The van der Waals surface area contributed by atoms with Crippen LogP contribution in [0.2, 0.25) is 0 Å². The molecule has 0 aliphatic rings. The van der Waals surface area contributed by atoms with Gasteiger partial charge in [-0.1, -0.05) is 45.4 Å². The second kappa shape index (κ2) is 16.7. The highest BCUT2D eigenvalue weighted by atomic mass is 35.5. The Morgan fingerprint density at radius 2 is 1.50 bits per heavy atom. The molecule has 0 aliphatic carbocycles. The normalized spacial score (nSPS) is 11.9. The summed E-state index contributed by atoms with van der Waals surface area (Å²) >= 11 is 0. The first kappa shape index (κ1) is 22.0. The number of hydrogen-bond acceptors (Lipinski definition) is 3. The number of carbonyl (C=O) groups is 1. The molecule has 4 nitrogen and oxygen atoms in total. The third-order valence-electron chi connectivity index (χ3n) is 3.24. The van der Waals surface area contributed by atoms with Crippen LogP contribution in [0, 0.1) is 0 Å². The molecule has 0 fully saturated rings. The van der Waals surface area contributed by atoms with Crippen molar-refractivity contribution in [1.82, 2.24) is 0 Å². The summed E-state index contributed by atoms with van der Waals surface area (Å²) in [5.41, 5.74) is 4.96. The lowest BCUT2D eigenvalue weighted by molar-refractivity contribution is -0.126. The van der Waals surface area contributed by atoms with Crippen molar-refractivity contribution in [1.29, 1.82) is 0 Å². The van der Waals surface area contributed by atoms with E-state index in [-0.39, 0.29) is 12.4 Å². The van der Waals surface area contributed by atoms with Crippen LogP contribution in [-0.4, -0.2) is 30.3 Å². The summed E-state index contributed by atoms with van der Waals surface area (Å²) < 4.78 is 5.51. The monoisotopic (exact) mass is 309 g/mol. The van der Waals surface area contributed by atoms with Crippen molar-refractivity contribution in [3.8, 4) is 0 Å². The van der Waals surface area contributed by atoms with Gasteiger partial charge in [-0.15, -0.1) is 12.4 Å². The maximum Gasteiger partial charge on any atom is 0.246 e. The highest BCUT2D eigenvalue weighted by Crippen LogP contribution is 2.07. The van der Waals surface area contributed by atoms with Crippen molar-refractivity contribution >= 4 is 18.3 Å². The molecule has 0 radical (unpaired) electrons. The fourth-order valence-corrected chi connectivity index (χ4v) is 1.95. The van der Waals surface area contributed by atoms with Gasteiger partial charge >= 0.3 is 0 Å². The minimum absolute atomic E-state index is 0. The van der Waals surface area contributed by atoms with Gasteiger partial charge in [0.15, 0.2) is 0 Å². The topological polar surface area (TPSA) is 72.6 Å². The summed E-state index contributed by atoms with van der Waals surface area (Å²) in [5.74, 6) is -0.635. The number of carbonyl (C=O) groups excluding carboxylic acids is 1. The van der Waals surface area contributed by atoms with Crippen molar-refractivity contribution in [3.63, 3.8) is 0 Å². The summed E-state index contributed by atoms with van der Waals surface area (Å²) in [6.45, 7) is 3.77. The van der Waals surface area contributed by atoms with Crippen molar-refractivity contribution < 1.29 is 14.6 Å². The number of ether oxygens (including phenoxy) is 1. The maximum absolute atomic E-state index is 10.6. The minimum Gasteiger partial charge on any atom is -0.383 e. The zero-order valence-corrected chi connectivity index (χ0v) is 13.6. The maximum atomic E-state index is 10.6. The summed E-state index contributed by atoms with van der Waals surface area (Å²) in [7, 11) is 0. The molecular formula is C15H32ClNO3. The molecule has 20 heavy (non-hydrogen) atoms. The fourth-order valence-electron chi connectivity index (χ4n) is 1.95. The predicted molar refractivity (Wildman–Crippen MR) is 85.1 cm³/mol. The third-order valence-corrected chi connectivity index (χ3v) is 3.24. The van der Waals surface area contributed by atoms with Gasteiger partial charge in [-0.2, -0.15) is 0 Å². The molecule has 3 N–H and O–H groups in total. The van der Waals surface area contributed by atoms with Crippen molar-refractivity contribution in [2.75, 3.05) is 13.2 Å². The molecule has 0 saturated heterocycles. The molecule has 1 amide bonds. The van der Waals surface area contributed by atoms with E-state index in [4.69, 9.17) is 10.5 Å². The van der Waals surface area contributed by atoms with E-state index in [0.717, 1.165) is 25.9 Å². The van der Waals surface area contributed by atoms with E-state index in [0.29, 0.717) is 13.0 Å². The highest BCUT2D eigenvalue weighted by molar-refractivity contribution is 5.85. The van der Waals surface area contributed by atoms with Gasteiger partial charge in [0.25, 0.3) is 0 Å². The molecule has 1 atom stereocenters. The Hall–Kier alpha value is -0.320. The van der Waals surface area contributed by atoms with Crippen LogP contribution in [0.3, 0.4) is 0 Å². The zero-order valence-electron chi connectivity index (χ0n) is 12.8. The molecule has 0 bridgehead atoms. The Kier molecular flexibility index (Phi) is 18.4. The number of unbranched alkanes of at least 4 members (excludes halogenated alkanes) is 7. The zero-order chi connectivity index (χ0) is 14.3. The van der Waals surface area contributed by atoms with Gasteiger partial charge in [-0.05, 0) is 25.7 Å². The third kappa shape index (κ3) is 15.7. The summed E-state index contributed by atoms with van der Waals surface area (Å²) in [6.07, 6.45) is 10.2. The molecule has 0 heterocycles. The lowest BCUT2D eigenvalue weighted by Gasteiger charge is -2.06. The molecule has 122 valence electrons. The van der Waals surface area contributed by atoms with Gasteiger partial charge in [-0.25, -0.2) is 0 Å². The van der Waals surface area contributed by atoms with E-state index in [1.807, 2.05) is 0 Å². The number of aliphatic hydroxyl groups is 1. The number of amides is 1. The van der Waals surface area contributed by atoms with Crippen LogP contribution in [0.4, 0.5) is 0 Å². The van der Waals surface area contributed by atoms with Crippen molar-refractivity contribution in [2.24, 2.45) is 5.73 Å². The molecule has 0 aromatic heterocycles.